The highest BCUT2D eigenvalue weighted by molar-refractivity contribution is 5.79. The van der Waals surface area contributed by atoms with Gasteiger partial charge in [0.25, 0.3) is 0 Å². The van der Waals surface area contributed by atoms with E-state index in [2.05, 4.69) is 15.6 Å². The molecule has 1 aliphatic rings. The molecule has 3 N–H and O–H groups in total. The number of hydrogen-bond acceptors (Lipinski definition) is 6. The Balaban J connectivity index is 1.60. The molecular weight excluding hydrogens is 408 g/mol. The van der Waals surface area contributed by atoms with Crippen molar-refractivity contribution in [3.63, 3.8) is 0 Å². The standard InChI is InChI=1S/C24H34N4O4/c1-3-25-23(28-17-24(10-13-29)11-14-30-18-24)27-16-19-9-12-26-22(15-19)32-21-7-5-20(6-8-21)31-4-2/h5-9,12,15,29H,3-4,10-11,13-14,16-18H2,1-2H3,(H2,25,27,28). The van der Waals surface area contributed by atoms with E-state index in [0.29, 0.717) is 37.9 Å². The van der Waals surface area contributed by atoms with E-state index in [0.717, 1.165) is 43.3 Å². The predicted molar refractivity (Wildman–Crippen MR) is 124 cm³/mol. The number of ether oxygens (including phenoxy) is 3. The van der Waals surface area contributed by atoms with Gasteiger partial charge in [-0.05, 0) is 62.6 Å². The molecule has 0 spiro atoms. The number of rotatable bonds is 11. The zero-order chi connectivity index (χ0) is 22.7. The molecule has 0 bridgehead atoms. The molecule has 3 rings (SSSR count). The van der Waals surface area contributed by atoms with E-state index in [-0.39, 0.29) is 12.0 Å². The lowest BCUT2D eigenvalue weighted by Crippen LogP contribution is -2.44. The minimum absolute atomic E-state index is 0.0413. The van der Waals surface area contributed by atoms with Gasteiger partial charge >= 0.3 is 0 Å². The van der Waals surface area contributed by atoms with Crippen molar-refractivity contribution in [2.75, 3.05) is 39.5 Å². The van der Waals surface area contributed by atoms with E-state index in [1.807, 2.05) is 50.2 Å². The Morgan fingerprint density at radius 2 is 2.00 bits per heavy atom. The Morgan fingerprint density at radius 1 is 1.19 bits per heavy atom. The predicted octanol–water partition coefficient (Wildman–Crippen LogP) is 3.12. The third-order valence-electron chi connectivity index (χ3n) is 5.38. The van der Waals surface area contributed by atoms with Gasteiger partial charge in [-0.15, -0.1) is 0 Å². The first kappa shape index (κ1) is 23.8. The van der Waals surface area contributed by atoms with Crippen molar-refractivity contribution < 1.29 is 19.3 Å². The highest BCUT2D eigenvalue weighted by Crippen LogP contribution is 2.31. The van der Waals surface area contributed by atoms with Crippen LogP contribution in [0.25, 0.3) is 0 Å². The van der Waals surface area contributed by atoms with Crippen molar-refractivity contribution in [2.45, 2.75) is 33.2 Å². The van der Waals surface area contributed by atoms with Gasteiger partial charge in [0.2, 0.25) is 5.88 Å². The van der Waals surface area contributed by atoms with Gasteiger partial charge < -0.3 is 30.0 Å². The van der Waals surface area contributed by atoms with Crippen molar-refractivity contribution in [1.29, 1.82) is 0 Å². The first-order valence-electron chi connectivity index (χ1n) is 11.2. The summed E-state index contributed by atoms with van der Waals surface area (Å²) in [7, 11) is 0. The van der Waals surface area contributed by atoms with Crippen LogP contribution < -0.4 is 20.1 Å². The van der Waals surface area contributed by atoms with Crippen LogP contribution in [0, 0.1) is 5.41 Å². The van der Waals surface area contributed by atoms with Crippen LogP contribution in [0.3, 0.4) is 0 Å². The van der Waals surface area contributed by atoms with Crippen LogP contribution in [0.1, 0.15) is 32.3 Å². The van der Waals surface area contributed by atoms with Gasteiger partial charge in [-0.25, -0.2) is 9.98 Å². The average molecular weight is 443 g/mol. The van der Waals surface area contributed by atoms with E-state index in [1.165, 1.54) is 0 Å². The number of aromatic nitrogens is 1. The fraction of sp³-hybridized carbons (Fsp3) is 0.500. The van der Waals surface area contributed by atoms with Crippen LogP contribution in [-0.4, -0.2) is 55.6 Å². The molecule has 2 heterocycles. The second kappa shape index (κ2) is 12.3. The largest absolute Gasteiger partial charge is 0.494 e. The molecule has 0 aliphatic carbocycles. The molecule has 2 aromatic rings. The van der Waals surface area contributed by atoms with Gasteiger partial charge in [-0.3, -0.25) is 0 Å². The number of pyridine rings is 1. The highest BCUT2D eigenvalue weighted by atomic mass is 16.5. The van der Waals surface area contributed by atoms with E-state index in [1.54, 1.807) is 6.20 Å². The maximum atomic E-state index is 9.43. The van der Waals surface area contributed by atoms with E-state index in [9.17, 15) is 5.11 Å². The summed E-state index contributed by atoms with van der Waals surface area (Å²) < 4.78 is 16.9. The summed E-state index contributed by atoms with van der Waals surface area (Å²) in [4.78, 5) is 9.01. The van der Waals surface area contributed by atoms with Gasteiger partial charge in [0.15, 0.2) is 5.96 Å². The molecule has 1 aromatic heterocycles. The number of nitrogens with zero attached hydrogens (tertiary/aromatic N) is 2. The zero-order valence-electron chi connectivity index (χ0n) is 19.0. The molecule has 1 aromatic carbocycles. The van der Waals surface area contributed by atoms with Crippen molar-refractivity contribution in [3.05, 3.63) is 48.2 Å². The van der Waals surface area contributed by atoms with Crippen molar-refractivity contribution in [1.82, 2.24) is 15.6 Å². The minimum atomic E-state index is -0.0413. The topological polar surface area (TPSA) is 97.2 Å². The second-order valence-electron chi connectivity index (χ2n) is 7.83. The minimum Gasteiger partial charge on any atom is -0.494 e. The van der Waals surface area contributed by atoms with Crippen molar-refractivity contribution in [3.8, 4) is 17.4 Å². The van der Waals surface area contributed by atoms with Crippen LogP contribution in [0.4, 0.5) is 0 Å². The van der Waals surface area contributed by atoms with E-state index >= 15 is 0 Å². The van der Waals surface area contributed by atoms with E-state index < -0.39 is 0 Å². The summed E-state index contributed by atoms with van der Waals surface area (Å²) in [6, 6.07) is 11.3. The summed E-state index contributed by atoms with van der Waals surface area (Å²) in [5, 5.41) is 16.1. The molecule has 1 fully saturated rings. The Labute approximate surface area is 190 Å². The number of nitrogens with one attached hydrogen (secondary N) is 2. The van der Waals surface area contributed by atoms with Gasteiger partial charge in [0, 0.05) is 44.0 Å². The van der Waals surface area contributed by atoms with Gasteiger partial charge in [-0.1, -0.05) is 0 Å². The number of aliphatic imine (C=N–C) groups is 1. The summed E-state index contributed by atoms with van der Waals surface area (Å²) in [5.41, 5.74) is 0.952. The molecule has 1 atom stereocenters. The Kier molecular flexibility index (Phi) is 9.13. The first-order valence-corrected chi connectivity index (χ1v) is 11.2. The quantitative estimate of drug-likeness (QED) is 0.363. The molecule has 0 amide bonds. The van der Waals surface area contributed by atoms with Crippen LogP contribution in [-0.2, 0) is 11.3 Å². The number of hydrogen-bond donors (Lipinski definition) is 3. The number of guanidine groups is 1. The van der Waals surface area contributed by atoms with E-state index in [4.69, 9.17) is 19.2 Å². The first-order chi connectivity index (χ1) is 15.7. The molecule has 0 radical (unpaired) electrons. The lowest BCUT2D eigenvalue weighted by atomic mass is 9.84. The summed E-state index contributed by atoms with van der Waals surface area (Å²) in [6.07, 6.45) is 3.38. The molecule has 174 valence electrons. The molecule has 8 nitrogen and oxygen atoms in total. The molecule has 1 unspecified atom stereocenters. The maximum Gasteiger partial charge on any atom is 0.219 e. The van der Waals surface area contributed by atoms with Crippen LogP contribution in [0.15, 0.2) is 47.6 Å². The SMILES string of the molecule is CCNC(=NCc1ccnc(Oc2ccc(OCC)cc2)c1)NCC1(CCO)CCOC1. The maximum absolute atomic E-state index is 9.43. The molecule has 32 heavy (non-hydrogen) atoms. The second-order valence-corrected chi connectivity index (χ2v) is 7.83. The number of benzene rings is 1. The summed E-state index contributed by atoms with van der Waals surface area (Å²) >= 11 is 0. The van der Waals surface area contributed by atoms with Gasteiger partial charge in [-0.2, -0.15) is 0 Å². The smallest absolute Gasteiger partial charge is 0.219 e. The molecule has 0 saturated carbocycles. The Hall–Kier alpha value is -2.84. The monoisotopic (exact) mass is 442 g/mol. The third-order valence-corrected chi connectivity index (χ3v) is 5.38. The van der Waals surface area contributed by atoms with Crippen molar-refractivity contribution in [2.24, 2.45) is 10.4 Å². The summed E-state index contributed by atoms with van der Waals surface area (Å²) in [5.74, 6) is 2.76. The van der Waals surface area contributed by atoms with Crippen LogP contribution in [0.2, 0.25) is 0 Å². The van der Waals surface area contributed by atoms with Gasteiger partial charge in [0.1, 0.15) is 11.5 Å². The lowest BCUT2D eigenvalue weighted by molar-refractivity contribution is 0.127. The normalized spacial score (nSPS) is 18.4. The van der Waals surface area contributed by atoms with Gasteiger partial charge in [0.05, 0.1) is 19.8 Å². The summed E-state index contributed by atoms with van der Waals surface area (Å²) in [6.45, 7) is 8.14. The highest BCUT2D eigenvalue weighted by Gasteiger charge is 2.34. The van der Waals surface area contributed by atoms with Crippen molar-refractivity contribution >= 4 is 5.96 Å². The fourth-order valence-corrected chi connectivity index (χ4v) is 3.59. The molecular formula is C24H34N4O4. The third kappa shape index (κ3) is 7.10. The average Bonchev–Trinajstić information content (AvgIpc) is 3.26. The number of aliphatic hydroxyl groups excluding tert-OH is 1. The lowest BCUT2D eigenvalue weighted by Gasteiger charge is -2.27. The molecule has 1 saturated heterocycles. The molecule has 1 aliphatic heterocycles. The Bertz CT molecular complexity index is 851. The number of aliphatic hydroxyl groups is 1. The van der Waals surface area contributed by atoms with Crippen LogP contribution >= 0.6 is 0 Å². The Morgan fingerprint density at radius 3 is 2.69 bits per heavy atom. The fourth-order valence-electron chi connectivity index (χ4n) is 3.59. The zero-order valence-corrected chi connectivity index (χ0v) is 19.0. The van der Waals surface area contributed by atoms with Crippen LogP contribution in [0.5, 0.6) is 17.4 Å². The molecule has 8 heteroatoms.